The molecule has 1 fully saturated rings. The Morgan fingerprint density at radius 3 is 3.04 bits per heavy atom. The molecule has 2 N–H and O–H groups in total. The molecule has 0 amide bonds. The number of nitrogens with zero attached hydrogens (tertiary/aromatic N) is 3. The second kappa shape index (κ2) is 6.61. The highest BCUT2D eigenvalue weighted by molar-refractivity contribution is 5.86. The van der Waals surface area contributed by atoms with Gasteiger partial charge < -0.3 is 24.5 Å². The number of pyridine rings is 1. The molecule has 0 bridgehead atoms. The minimum atomic E-state index is -1.15. The van der Waals surface area contributed by atoms with Crippen LogP contribution in [0.15, 0.2) is 42.7 Å². The second-order valence-electron chi connectivity index (χ2n) is 7.31. The van der Waals surface area contributed by atoms with Gasteiger partial charge in [-0.1, -0.05) is 0 Å². The van der Waals surface area contributed by atoms with Crippen LogP contribution in [-0.2, 0) is 0 Å². The van der Waals surface area contributed by atoms with E-state index in [1.165, 1.54) is 6.07 Å². The van der Waals surface area contributed by atoms with Crippen LogP contribution in [0.5, 0.6) is 5.75 Å². The molecular formula is C21H21FN4O2. The molecule has 6 nitrogen and oxygen atoms in total. The zero-order valence-corrected chi connectivity index (χ0v) is 15.5. The Balaban J connectivity index is 1.50. The van der Waals surface area contributed by atoms with Crippen molar-refractivity contribution in [3.05, 3.63) is 59.8 Å². The number of aliphatic hydroxyl groups excluding tert-OH is 1. The van der Waals surface area contributed by atoms with Crippen molar-refractivity contribution < 1.29 is 14.2 Å². The Hall–Kier alpha value is -2.90. The Morgan fingerprint density at radius 2 is 2.21 bits per heavy atom. The van der Waals surface area contributed by atoms with E-state index in [-0.39, 0.29) is 5.65 Å². The van der Waals surface area contributed by atoms with Gasteiger partial charge in [-0.15, -0.1) is 0 Å². The van der Waals surface area contributed by atoms with Crippen molar-refractivity contribution in [1.29, 1.82) is 0 Å². The van der Waals surface area contributed by atoms with Crippen LogP contribution in [0.3, 0.4) is 0 Å². The Labute approximate surface area is 161 Å². The summed E-state index contributed by atoms with van der Waals surface area (Å²) in [6.07, 6.45) is 4.11. The molecule has 7 heteroatoms. The maximum Gasteiger partial charge on any atom is 0.226 e. The number of hydrogen-bond donors (Lipinski definition) is 2. The Bertz CT molecular complexity index is 1080. The Morgan fingerprint density at radius 1 is 1.32 bits per heavy atom. The van der Waals surface area contributed by atoms with Crippen LogP contribution in [0.2, 0.25) is 0 Å². The molecule has 0 saturated carbocycles. The van der Waals surface area contributed by atoms with E-state index in [0.717, 1.165) is 30.9 Å². The lowest BCUT2D eigenvalue weighted by Crippen LogP contribution is -2.49. The first-order valence-corrected chi connectivity index (χ1v) is 9.41. The van der Waals surface area contributed by atoms with E-state index >= 15 is 0 Å². The van der Waals surface area contributed by atoms with Crippen molar-refractivity contribution in [2.45, 2.75) is 19.3 Å². The normalized spacial score (nSPS) is 22.0. The third kappa shape index (κ3) is 2.93. The number of nitrogens with one attached hydrogen (secondary N) is 1. The van der Waals surface area contributed by atoms with Crippen molar-refractivity contribution >= 4 is 23.0 Å². The first-order valence-electron chi connectivity index (χ1n) is 9.41. The maximum absolute atomic E-state index is 13.9. The summed E-state index contributed by atoms with van der Waals surface area (Å²) in [6.45, 7) is 4.96. The predicted octanol–water partition coefficient (Wildman–Crippen LogP) is 2.52. The lowest BCUT2D eigenvalue weighted by molar-refractivity contribution is 0.0318. The van der Waals surface area contributed by atoms with Crippen LogP contribution in [0.1, 0.15) is 18.2 Å². The number of aromatic nitrogens is 2. The first-order chi connectivity index (χ1) is 13.6. The van der Waals surface area contributed by atoms with Crippen molar-refractivity contribution in [1.82, 2.24) is 14.7 Å². The minimum Gasteiger partial charge on any atom is -0.460 e. The fourth-order valence-electron chi connectivity index (χ4n) is 3.85. The van der Waals surface area contributed by atoms with Crippen LogP contribution in [-0.4, -0.2) is 46.5 Å². The fourth-order valence-corrected chi connectivity index (χ4v) is 3.85. The summed E-state index contributed by atoms with van der Waals surface area (Å²) in [7, 11) is 0. The monoisotopic (exact) mass is 380 g/mol. The summed E-state index contributed by atoms with van der Waals surface area (Å²) < 4.78 is 21.3. The summed E-state index contributed by atoms with van der Waals surface area (Å²) >= 11 is 0. The molecule has 2 unspecified atom stereocenters. The predicted molar refractivity (Wildman–Crippen MR) is 106 cm³/mol. The molecule has 28 heavy (non-hydrogen) atoms. The molecule has 2 atom stereocenters. The quantitative estimate of drug-likeness (QED) is 0.715. The van der Waals surface area contributed by atoms with Gasteiger partial charge in [0, 0.05) is 61.0 Å². The lowest BCUT2D eigenvalue weighted by Gasteiger charge is -2.34. The molecule has 2 aromatic heterocycles. The Kier molecular flexibility index (Phi) is 4.07. The van der Waals surface area contributed by atoms with Crippen LogP contribution < -0.4 is 15.0 Å². The third-order valence-corrected chi connectivity index (χ3v) is 5.28. The van der Waals surface area contributed by atoms with Crippen LogP contribution >= 0.6 is 0 Å². The molecule has 0 spiro atoms. The average molecular weight is 380 g/mol. The SMILES string of the molecule is CC1CN(c2ccc3c(c2)OC(O)C(c2cn4cccc(F)c4n2)=C3)CCN1. The zero-order chi connectivity index (χ0) is 19.3. The molecule has 5 rings (SSSR count). The number of hydrogen-bond acceptors (Lipinski definition) is 5. The van der Waals surface area contributed by atoms with Gasteiger partial charge in [-0.05, 0) is 37.3 Å². The van der Waals surface area contributed by atoms with Gasteiger partial charge >= 0.3 is 0 Å². The molecule has 0 radical (unpaired) electrons. The summed E-state index contributed by atoms with van der Waals surface area (Å²) in [5, 5.41) is 14.0. The van der Waals surface area contributed by atoms with E-state index in [1.54, 1.807) is 22.9 Å². The zero-order valence-electron chi connectivity index (χ0n) is 15.5. The largest absolute Gasteiger partial charge is 0.460 e. The van der Waals surface area contributed by atoms with Gasteiger partial charge in [0.2, 0.25) is 6.29 Å². The van der Waals surface area contributed by atoms with Gasteiger partial charge in [0.1, 0.15) is 5.75 Å². The standard InChI is InChI=1S/C21H21FN4O2/c1-13-11-25(8-6-23-13)15-5-4-14-9-16(21(27)28-19(14)10-15)18-12-26-7-2-3-17(22)20(26)24-18/h2-5,7,9-10,12-13,21,23,27H,6,8,11H2,1H3. The smallest absolute Gasteiger partial charge is 0.226 e. The molecule has 2 aliphatic heterocycles. The molecule has 0 aliphatic carbocycles. The third-order valence-electron chi connectivity index (χ3n) is 5.28. The summed E-state index contributed by atoms with van der Waals surface area (Å²) in [4.78, 5) is 6.63. The molecule has 2 aliphatic rings. The molecule has 4 heterocycles. The van der Waals surface area contributed by atoms with E-state index in [0.29, 0.717) is 23.1 Å². The average Bonchev–Trinajstić information content (AvgIpc) is 3.12. The molecule has 144 valence electrons. The second-order valence-corrected chi connectivity index (χ2v) is 7.31. The number of rotatable bonds is 2. The van der Waals surface area contributed by atoms with Crippen LogP contribution in [0.4, 0.5) is 10.1 Å². The van der Waals surface area contributed by atoms with Gasteiger partial charge in [0.15, 0.2) is 11.5 Å². The van der Waals surface area contributed by atoms with Crippen molar-refractivity contribution in [3.63, 3.8) is 0 Å². The van der Waals surface area contributed by atoms with Crippen LogP contribution in [0.25, 0.3) is 17.3 Å². The number of imidazole rings is 1. The maximum atomic E-state index is 13.9. The minimum absolute atomic E-state index is 0.222. The summed E-state index contributed by atoms with van der Waals surface area (Å²) in [6, 6.07) is 9.42. The summed E-state index contributed by atoms with van der Waals surface area (Å²) in [5.74, 6) is 0.228. The number of aliphatic hydroxyl groups is 1. The van der Waals surface area contributed by atoms with E-state index in [4.69, 9.17) is 4.74 Å². The van der Waals surface area contributed by atoms with Crippen LogP contribution in [0, 0.1) is 5.82 Å². The van der Waals surface area contributed by atoms with Crippen molar-refractivity contribution in [2.75, 3.05) is 24.5 Å². The van der Waals surface area contributed by atoms with Crippen molar-refractivity contribution in [3.8, 4) is 5.75 Å². The number of piperazine rings is 1. The fraction of sp³-hybridized carbons (Fsp3) is 0.286. The summed E-state index contributed by atoms with van der Waals surface area (Å²) in [5.41, 5.74) is 3.16. The van der Waals surface area contributed by atoms with Gasteiger partial charge in [-0.25, -0.2) is 9.37 Å². The lowest BCUT2D eigenvalue weighted by atomic mass is 10.0. The van der Waals surface area contributed by atoms with Gasteiger partial charge in [-0.2, -0.15) is 0 Å². The highest BCUT2D eigenvalue weighted by Crippen LogP contribution is 2.36. The van der Waals surface area contributed by atoms with Gasteiger partial charge in [0.05, 0.1) is 5.69 Å². The number of ether oxygens (including phenoxy) is 1. The number of benzene rings is 1. The number of halogens is 1. The van der Waals surface area contributed by atoms with E-state index < -0.39 is 12.1 Å². The van der Waals surface area contributed by atoms with Gasteiger partial charge in [0.25, 0.3) is 0 Å². The van der Waals surface area contributed by atoms with Crippen molar-refractivity contribution in [2.24, 2.45) is 0 Å². The van der Waals surface area contributed by atoms with Gasteiger partial charge in [-0.3, -0.25) is 0 Å². The van der Waals surface area contributed by atoms with E-state index in [1.807, 2.05) is 18.2 Å². The van der Waals surface area contributed by atoms with E-state index in [9.17, 15) is 9.50 Å². The molecular weight excluding hydrogens is 359 g/mol. The first kappa shape index (κ1) is 17.2. The highest BCUT2D eigenvalue weighted by atomic mass is 19.1. The highest BCUT2D eigenvalue weighted by Gasteiger charge is 2.25. The van der Waals surface area contributed by atoms with E-state index in [2.05, 4.69) is 28.2 Å². The molecule has 3 aromatic rings. The molecule has 1 saturated heterocycles. The number of fused-ring (bicyclic) bond motifs is 2. The topological polar surface area (TPSA) is 62.0 Å². The number of anilines is 1. The molecule has 1 aromatic carbocycles.